The minimum Gasteiger partial charge on any atom is -0.322 e. The number of nitrogens with zero attached hydrogens (tertiary/aromatic N) is 1. The van der Waals surface area contributed by atoms with Crippen LogP contribution in [0.15, 0.2) is 47.4 Å². The Morgan fingerprint density at radius 3 is 2.36 bits per heavy atom. The van der Waals surface area contributed by atoms with Crippen molar-refractivity contribution in [2.45, 2.75) is 39.0 Å². The van der Waals surface area contributed by atoms with Gasteiger partial charge in [0.25, 0.3) is 5.91 Å². The maximum absolute atomic E-state index is 13.1. The van der Waals surface area contributed by atoms with Crippen LogP contribution in [0.2, 0.25) is 0 Å². The Bertz CT molecular complexity index is 975. The number of anilines is 1. The number of hydrogen-bond acceptors (Lipinski definition) is 3. The highest BCUT2D eigenvalue weighted by molar-refractivity contribution is 7.89. The Hall–Kier alpha value is -2.18. The van der Waals surface area contributed by atoms with Crippen molar-refractivity contribution in [3.8, 4) is 0 Å². The van der Waals surface area contributed by atoms with Crippen LogP contribution in [0.5, 0.6) is 0 Å². The Balaban J connectivity index is 1.85. The van der Waals surface area contributed by atoms with E-state index in [4.69, 9.17) is 0 Å². The molecule has 2 aromatic carbocycles. The first-order chi connectivity index (χ1) is 13.2. The van der Waals surface area contributed by atoms with Gasteiger partial charge in [0, 0.05) is 24.3 Å². The Kier molecular flexibility index (Phi) is 5.91. The first-order valence-corrected chi connectivity index (χ1v) is 11.1. The molecule has 1 heterocycles. The van der Waals surface area contributed by atoms with Crippen molar-refractivity contribution in [1.82, 2.24) is 4.31 Å². The van der Waals surface area contributed by atoms with Crippen LogP contribution in [0.1, 0.15) is 41.8 Å². The Labute approximate surface area is 167 Å². The first kappa shape index (κ1) is 20.6. The molecule has 0 unspecified atom stereocenters. The number of aryl methyl sites for hydroxylation is 1. The number of rotatable bonds is 4. The molecule has 1 aliphatic rings. The van der Waals surface area contributed by atoms with E-state index in [0.717, 1.165) is 23.2 Å². The fourth-order valence-electron chi connectivity index (χ4n) is 3.83. The van der Waals surface area contributed by atoms with Crippen molar-refractivity contribution >= 4 is 21.6 Å². The molecule has 3 rings (SSSR count). The van der Waals surface area contributed by atoms with E-state index in [2.05, 4.69) is 19.2 Å². The highest BCUT2D eigenvalue weighted by Gasteiger charge is 2.32. The number of sulfonamides is 1. The van der Waals surface area contributed by atoms with E-state index in [0.29, 0.717) is 30.5 Å². The topological polar surface area (TPSA) is 66.5 Å². The van der Waals surface area contributed by atoms with E-state index in [1.807, 2.05) is 32.0 Å². The summed E-state index contributed by atoms with van der Waals surface area (Å²) in [6, 6.07) is 12.0. The lowest BCUT2D eigenvalue weighted by Gasteiger charge is -2.34. The van der Waals surface area contributed by atoms with Gasteiger partial charge >= 0.3 is 0 Å². The molecule has 1 saturated heterocycles. The predicted molar refractivity (Wildman–Crippen MR) is 112 cm³/mol. The van der Waals surface area contributed by atoms with E-state index < -0.39 is 10.0 Å². The maximum atomic E-state index is 13.1. The summed E-state index contributed by atoms with van der Waals surface area (Å²) in [6.07, 6.45) is 1.03. The largest absolute Gasteiger partial charge is 0.322 e. The average molecular weight is 401 g/mol. The van der Waals surface area contributed by atoms with Crippen LogP contribution in [0.4, 0.5) is 5.69 Å². The van der Waals surface area contributed by atoms with Gasteiger partial charge in [-0.25, -0.2) is 8.42 Å². The van der Waals surface area contributed by atoms with Gasteiger partial charge in [0.05, 0.1) is 4.90 Å². The molecule has 2 atom stereocenters. The number of carbonyl (C=O) groups is 1. The van der Waals surface area contributed by atoms with Crippen LogP contribution in [-0.4, -0.2) is 31.7 Å². The standard InChI is InChI=1S/C22H28N2O3S/c1-15-11-16(2)14-24(13-15)28(26,27)20-9-6-8-19(12-20)22(25)23-21-10-5-7-17(3)18(21)4/h5-10,12,15-16H,11,13-14H2,1-4H3,(H,23,25)/t15-,16+. The van der Waals surface area contributed by atoms with Crippen LogP contribution < -0.4 is 5.32 Å². The van der Waals surface area contributed by atoms with Gasteiger partial charge in [0.2, 0.25) is 10.0 Å². The van der Waals surface area contributed by atoms with Gasteiger partial charge in [-0.2, -0.15) is 4.31 Å². The van der Waals surface area contributed by atoms with Gasteiger partial charge < -0.3 is 5.32 Å². The smallest absolute Gasteiger partial charge is 0.255 e. The monoisotopic (exact) mass is 400 g/mol. The molecule has 1 amide bonds. The molecule has 0 aromatic heterocycles. The van der Waals surface area contributed by atoms with E-state index in [1.54, 1.807) is 22.5 Å². The minimum absolute atomic E-state index is 0.169. The summed E-state index contributed by atoms with van der Waals surface area (Å²) < 4.78 is 27.8. The zero-order valence-corrected chi connectivity index (χ0v) is 17.7. The lowest BCUT2D eigenvalue weighted by molar-refractivity contribution is 0.102. The third kappa shape index (κ3) is 4.28. The van der Waals surface area contributed by atoms with Crippen molar-refractivity contribution in [3.05, 3.63) is 59.2 Å². The molecule has 0 saturated carbocycles. The molecule has 0 bridgehead atoms. The second kappa shape index (κ2) is 8.05. The highest BCUT2D eigenvalue weighted by atomic mass is 32.2. The molecule has 0 aliphatic carbocycles. The third-order valence-corrected chi connectivity index (χ3v) is 7.25. The molecule has 0 radical (unpaired) electrons. The zero-order valence-electron chi connectivity index (χ0n) is 16.9. The summed E-state index contributed by atoms with van der Waals surface area (Å²) in [4.78, 5) is 12.9. The van der Waals surface area contributed by atoms with Gasteiger partial charge in [-0.05, 0) is 67.5 Å². The average Bonchev–Trinajstić information content (AvgIpc) is 2.64. The SMILES string of the molecule is Cc1cccc(NC(=O)c2cccc(S(=O)(=O)N3C[C@H](C)C[C@H](C)C3)c2)c1C. The first-order valence-electron chi connectivity index (χ1n) is 9.66. The number of piperidine rings is 1. The minimum atomic E-state index is -3.62. The molecule has 0 spiro atoms. The molecule has 5 nitrogen and oxygen atoms in total. The third-order valence-electron chi connectivity index (χ3n) is 5.42. The number of benzene rings is 2. The second-order valence-corrected chi connectivity index (χ2v) is 9.94. The summed E-state index contributed by atoms with van der Waals surface area (Å²) in [5.41, 5.74) is 3.15. The van der Waals surface area contributed by atoms with Crippen LogP contribution in [-0.2, 0) is 10.0 Å². The summed E-state index contributed by atoms with van der Waals surface area (Å²) in [5, 5.41) is 2.89. The normalized spacial score (nSPS) is 20.7. The van der Waals surface area contributed by atoms with E-state index in [1.165, 1.54) is 6.07 Å². The van der Waals surface area contributed by atoms with Crippen LogP contribution in [0.3, 0.4) is 0 Å². The highest BCUT2D eigenvalue weighted by Crippen LogP contribution is 2.27. The van der Waals surface area contributed by atoms with Crippen molar-refractivity contribution in [2.24, 2.45) is 11.8 Å². The number of carbonyl (C=O) groups excluding carboxylic acids is 1. The van der Waals surface area contributed by atoms with Gasteiger partial charge in [-0.3, -0.25) is 4.79 Å². The van der Waals surface area contributed by atoms with Gasteiger partial charge in [0.15, 0.2) is 0 Å². The molecule has 2 aromatic rings. The van der Waals surface area contributed by atoms with Crippen molar-refractivity contribution in [2.75, 3.05) is 18.4 Å². The molecule has 1 N–H and O–H groups in total. The summed E-state index contributed by atoms with van der Waals surface area (Å²) in [7, 11) is -3.62. The summed E-state index contributed by atoms with van der Waals surface area (Å²) in [5.74, 6) is 0.342. The Morgan fingerprint density at radius 1 is 1.04 bits per heavy atom. The Morgan fingerprint density at radius 2 is 1.68 bits per heavy atom. The molecule has 28 heavy (non-hydrogen) atoms. The molecular weight excluding hydrogens is 372 g/mol. The quantitative estimate of drug-likeness (QED) is 0.835. The molecule has 1 aliphatic heterocycles. The fourth-order valence-corrected chi connectivity index (χ4v) is 5.56. The summed E-state index contributed by atoms with van der Waals surface area (Å²) >= 11 is 0. The lowest BCUT2D eigenvalue weighted by atomic mass is 9.94. The van der Waals surface area contributed by atoms with Crippen molar-refractivity contribution < 1.29 is 13.2 Å². The molecular formula is C22H28N2O3S. The van der Waals surface area contributed by atoms with Crippen LogP contribution >= 0.6 is 0 Å². The van der Waals surface area contributed by atoms with Crippen molar-refractivity contribution in [1.29, 1.82) is 0 Å². The van der Waals surface area contributed by atoms with Crippen LogP contribution in [0, 0.1) is 25.7 Å². The second-order valence-electron chi connectivity index (χ2n) is 8.00. The number of nitrogens with one attached hydrogen (secondary N) is 1. The summed E-state index contributed by atoms with van der Waals surface area (Å²) in [6.45, 7) is 9.12. The van der Waals surface area contributed by atoms with Gasteiger partial charge in [-0.15, -0.1) is 0 Å². The van der Waals surface area contributed by atoms with E-state index in [9.17, 15) is 13.2 Å². The predicted octanol–water partition coefficient (Wildman–Crippen LogP) is 4.22. The lowest BCUT2D eigenvalue weighted by Crippen LogP contribution is -2.42. The van der Waals surface area contributed by atoms with Crippen molar-refractivity contribution in [3.63, 3.8) is 0 Å². The molecule has 150 valence electrons. The van der Waals surface area contributed by atoms with Gasteiger partial charge in [0.1, 0.15) is 0 Å². The molecule has 1 fully saturated rings. The maximum Gasteiger partial charge on any atom is 0.255 e. The van der Waals surface area contributed by atoms with E-state index >= 15 is 0 Å². The number of amides is 1. The fraction of sp³-hybridized carbons (Fsp3) is 0.409. The van der Waals surface area contributed by atoms with Gasteiger partial charge in [-0.1, -0.05) is 32.0 Å². The van der Waals surface area contributed by atoms with Crippen LogP contribution in [0.25, 0.3) is 0 Å². The zero-order chi connectivity index (χ0) is 20.5. The molecule has 6 heteroatoms. The van der Waals surface area contributed by atoms with E-state index in [-0.39, 0.29) is 10.8 Å². The number of hydrogen-bond donors (Lipinski definition) is 1.